The van der Waals surface area contributed by atoms with Crippen molar-refractivity contribution in [3.05, 3.63) is 35.5 Å². The van der Waals surface area contributed by atoms with Crippen LogP contribution in [-0.2, 0) is 17.7 Å². The van der Waals surface area contributed by atoms with E-state index in [1.807, 2.05) is 6.92 Å². The van der Waals surface area contributed by atoms with E-state index in [0.29, 0.717) is 56.5 Å². The van der Waals surface area contributed by atoms with E-state index in [1.165, 1.54) is 4.90 Å². The number of alkyl halides is 3. The van der Waals surface area contributed by atoms with Gasteiger partial charge in [0.15, 0.2) is 5.82 Å². The molecule has 0 saturated carbocycles. The van der Waals surface area contributed by atoms with Gasteiger partial charge in [0.25, 0.3) is 0 Å². The van der Waals surface area contributed by atoms with Gasteiger partial charge in [0.1, 0.15) is 5.82 Å². The molecule has 0 spiro atoms. The number of anilines is 2. The zero-order valence-corrected chi connectivity index (χ0v) is 20.0. The number of amides is 2. The molecule has 2 N–H and O–H groups in total. The van der Waals surface area contributed by atoms with Crippen molar-refractivity contribution in [2.45, 2.75) is 45.5 Å². The molecule has 1 aromatic heterocycles. The molecular formula is C24H31F3N6O2. The Bertz CT molecular complexity index is 1030. The SMILES string of the molecule is CCNC(=O)Nc1ccc(-c2nc3c(c(N4CCOC[C@@H]4CC)n2)CCN(CC(F)(F)F)C3)cc1. The molecule has 4 rings (SSSR count). The number of benzene rings is 1. The van der Waals surface area contributed by atoms with Crippen LogP contribution in [0.25, 0.3) is 11.4 Å². The van der Waals surface area contributed by atoms with Gasteiger partial charge in [-0.05, 0) is 44.0 Å². The van der Waals surface area contributed by atoms with Crippen LogP contribution in [0.4, 0.5) is 29.5 Å². The van der Waals surface area contributed by atoms with Gasteiger partial charge in [-0.3, -0.25) is 4.90 Å². The number of ether oxygens (including phenoxy) is 1. The highest BCUT2D eigenvalue weighted by atomic mass is 19.4. The second kappa shape index (κ2) is 10.8. The predicted molar refractivity (Wildman–Crippen MR) is 127 cm³/mol. The normalized spacial score (nSPS) is 18.8. The molecule has 11 heteroatoms. The Morgan fingerprint density at radius 1 is 1.17 bits per heavy atom. The number of urea groups is 1. The Hall–Kier alpha value is -2.92. The van der Waals surface area contributed by atoms with Crippen LogP contribution in [0.2, 0.25) is 0 Å². The van der Waals surface area contributed by atoms with Crippen molar-refractivity contribution in [1.82, 2.24) is 20.2 Å². The molecule has 1 atom stereocenters. The first-order chi connectivity index (χ1) is 16.8. The number of morpholine rings is 1. The van der Waals surface area contributed by atoms with Gasteiger partial charge >= 0.3 is 12.2 Å². The lowest BCUT2D eigenvalue weighted by Gasteiger charge is -2.39. The molecule has 0 bridgehead atoms. The number of fused-ring (bicyclic) bond motifs is 1. The molecule has 3 heterocycles. The molecular weight excluding hydrogens is 461 g/mol. The second-order valence-corrected chi connectivity index (χ2v) is 8.76. The third-order valence-corrected chi connectivity index (χ3v) is 6.23. The van der Waals surface area contributed by atoms with Gasteiger partial charge in [0, 0.05) is 43.0 Å². The first kappa shape index (κ1) is 25.2. The molecule has 1 fully saturated rings. The average molecular weight is 493 g/mol. The molecule has 35 heavy (non-hydrogen) atoms. The van der Waals surface area contributed by atoms with Gasteiger partial charge in [-0.15, -0.1) is 0 Å². The van der Waals surface area contributed by atoms with E-state index in [4.69, 9.17) is 14.7 Å². The number of hydrogen-bond donors (Lipinski definition) is 2. The van der Waals surface area contributed by atoms with Crippen LogP contribution in [-0.4, -0.2) is 72.5 Å². The van der Waals surface area contributed by atoms with Crippen LogP contribution in [0, 0.1) is 0 Å². The molecule has 2 aromatic rings. The molecule has 0 unspecified atom stereocenters. The first-order valence-corrected chi connectivity index (χ1v) is 12.0. The molecule has 2 aliphatic heterocycles. The number of carbonyl (C=O) groups is 1. The highest BCUT2D eigenvalue weighted by Gasteiger charge is 2.35. The fourth-order valence-electron chi connectivity index (χ4n) is 4.53. The average Bonchev–Trinajstić information content (AvgIpc) is 2.82. The van der Waals surface area contributed by atoms with Gasteiger partial charge in [-0.25, -0.2) is 14.8 Å². The Morgan fingerprint density at radius 2 is 1.94 bits per heavy atom. The fourth-order valence-corrected chi connectivity index (χ4v) is 4.53. The summed E-state index contributed by atoms with van der Waals surface area (Å²) in [6, 6.07) is 6.97. The van der Waals surface area contributed by atoms with E-state index < -0.39 is 12.7 Å². The van der Waals surface area contributed by atoms with Crippen LogP contribution < -0.4 is 15.5 Å². The number of nitrogens with zero attached hydrogens (tertiary/aromatic N) is 4. The zero-order chi connectivity index (χ0) is 25.0. The van der Waals surface area contributed by atoms with Crippen molar-refractivity contribution in [2.24, 2.45) is 0 Å². The maximum Gasteiger partial charge on any atom is 0.401 e. The summed E-state index contributed by atoms with van der Waals surface area (Å²) in [4.78, 5) is 25.0. The lowest BCUT2D eigenvalue weighted by Crippen LogP contribution is -2.47. The monoisotopic (exact) mass is 492 g/mol. The van der Waals surface area contributed by atoms with Crippen LogP contribution in [0.5, 0.6) is 0 Å². The number of nitrogens with one attached hydrogen (secondary N) is 2. The number of rotatable bonds is 6. The summed E-state index contributed by atoms with van der Waals surface area (Å²) in [6.45, 7) is 5.74. The number of hydrogen-bond acceptors (Lipinski definition) is 6. The molecule has 1 saturated heterocycles. The van der Waals surface area contributed by atoms with Gasteiger partial charge in [0.05, 0.1) is 31.5 Å². The lowest BCUT2D eigenvalue weighted by molar-refractivity contribution is -0.147. The van der Waals surface area contributed by atoms with E-state index in [-0.39, 0.29) is 18.6 Å². The summed E-state index contributed by atoms with van der Waals surface area (Å²) in [7, 11) is 0. The summed E-state index contributed by atoms with van der Waals surface area (Å²) in [5, 5.41) is 5.42. The molecule has 8 nitrogen and oxygen atoms in total. The Labute approximate surface area is 202 Å². The Morgan fingerprint density at radius 3 is 2.63 bits per heavy atom. The first-order valence-electron chi connectivity index (χ1n) is 12.0. The summed E-state index contributed by atoms with van der Waals surface area (Å²) >= 11 is 0. The Balaban J connectivity index is 1.68. The van der Waals surface area contributed by atoms with Gasteiger partial charge in [-0.2, -0.15) is 13.2 Å². The predicted octanol–water partition coefficient (Wildman–Crippen LogP) is 3.82. The Kier molecular flexibility index (Phi) is 7.75. The van der Waals surface area contributed by atoms with Crippen molar-refractivity contribution < 1.29 is 22.7 Å². The number of aromatic nitrogens is 2. The molecule has 0 aliphatic carbocycles. The van der Waals surface area contributed by atoms with E-state index >= 15 is 0 Å². The van der Waals surface area contributed by atoms with Gasteiger partial charge in [0.2, 0.25) is 0 Å². The zero-order valence-electron chi connectivity index (χ0n) is 20.0. The summed E-state index contributed by atoms with van der Waals surface area (Å²) in [6.07, 6.45) is -2.93. The summed E-state index contributed by atoms with van der Waals surface area (Å²) < 4.78 is 44.9. The van der Waals surface area contributed by atoms with E-state index in [2.05, 4.69) is 22.5 Å². The molecule has 2 aliphatic rings. The van der Waals surface area contributed by atoms with E-state index in [9.17, 15) is 18.0 Å². The number of carbonyl (C=O) groups excluding carboxylic acids is 1. The quantitative estimate of drug-likeness (QED) is 0.638. The molecule has 0 radical (unpaired) electrons. The maximum absolute atomic E-state index is 13.1. The van der Waals surface area contributed by atoms with Crippen molar-refractivity contribution in [1.29, 1.82) is 0 Å². The molecule has 1 aromatic carbocycles. The topological polar surface area (TPSA) is 82.6 Å². The molecule has 2 amide bonds. The maximum atomic E-state index is 13.1. The third-order valence-electron chi connectivity index (χ3n) is 6.23. The summed E-state index contributed by atoms with van der Waals surface area (Å²) in [5.41, 5.74) is 2.90. The largest absolute Gasteiger partial charge is 0.401 e. The van der Waals surface area contributed by atoms with Crippen molar-refractivity contribution in [3.63, 3.8) is 0 Å². The highest BCUT2D eigenvalue weighted by Crippen LogP contribution is 2.33. The van der Waals surface area contributed by atoms with Crippen LogP contribution in [0.15, 0.2) is 24.3 Å². The fraction of sp³-hybridized carbons (Fsp3) is 0.542. The second-order valence-electron chi connectivity index (χ2n) is 8.76. The number of halogens is 3. The van der Waals surface area contributed by atoms with Crippen LogP contribution in [0.3, 0.4) is 0 Å². The standard InChI is InChI=1S/C24H31F3N6O2/c1-3-18-14-35-12-11-33(18)22-19-9-10-32(15-24(25,26)27)13-20(19)30-21(31-22)16-5-7-17(8-6-16)29-23(34)28-4-2/h5-8,18H,3-4,9-15H2,1-2H3,(H2,28,29,34)/t18-/m0/s1. The minimum atomic E-state index is -4.26. The highest BCUT2D eigenvalue weighted by molar-refractivity contribution is 5.89. The van der Waals surface area contributed by atoms with Crippen LogP contribution >= 0.6 is 0 Å². The van der Waals surface area contributed by atoms with Crippen molar-refractivity contribution in [3.8, 4) is 11.4 Å². The van der Waals surface area contributed by atoms with E-state index in [0.717, 1.165) is 23.4 Å². The minimum absolute atomic E-state index is 0.120. The molecule has 190 valence electrons. The van der Waals surface area contributed by atoms with Gasteiger partial charge in [-0.1, -0.05) is 6.92 Å². The lowest BCUT2D eigenvalue weighted by atomic mass is 10.0. The van der Waals surface area contributed by atoms with Crippen molar-refractivity contribution in [2.75, 3.05) is 49.6 Å². The smallest absolute Gasteiger partial charge is 0.377 e. The summed E-state index contributed by atoms with van der Waals surface area (Å²) in [5.74, 6) is 1.25. The van der Waals surface area contributed by atoms with E-state index in [1.54, 1.807) is 24.3 Å². The van der Waals surface area contributed by atoms with Crippen molar-refractivity contribution >= 4 is 17.5 Å². The van der Waals surface area contributed by atoms with Crippen LogP contribution in [0.1, 0.15) is 31.5 Å². The minimum Gasteiger partial charge on any atom is -0.377 e. The van der Waals surface area contributed by atoms with Gasteiger partial charge < -0.3 is 20.3 Å². The third kappa shape index (κ3) is 6.21.